The van der Waals surface area contributed by atoms with Gasteiger partial charge < -0.3 is 14.8 Å². The first-order valence-corrected chi connectivity index (χ1v) is 12.5. The zero-order chi connectivity index (χ0) is 25.1. The molecule has 6 nitrogen and oxygen atoms in total. The second-order valence-electron chi connectivity index (χ2n) is 8.01. The lowest BCUT2D eigenvalue weighted by molar-refractivity contribution is 0.0530. The molecule has 2 aromatic heterocycles. The Bertz CT molecular complexity index is 1570. The Labute approximate surface area is 212 Å². The number of ether oxygens (including phenoxy) is 2. The molecule has 180 valence electrons. The molecule has 0 radical (unpaired) electrons. The van der Waals surface area contributed by atoms with Crippen molar-refractivity contribution in [2.24, 2.45) is 0 Å². The molecular formula is C29H24N2O4S. The van der Waals surface area contributed by atoms with E-state index in [1.165, 1.54) is 11.3 Å². The lowest BCUT2D eigenvalue weighted by atomic mass is 10.0. The number of para-hydroxylation sites is 1. The summed E-state index contributed by atoms with van der Waals surface area (Å²) in [4.78, 5) is 31.2. The first-order chi connectivity index (χ1) is 17.6. The summed E-state index contributed by atoms with van der Waals surface area (Å²) in [5, 5.41) is 4.93. The van der Waals surface area contributed by atoms with Gasteiger partial charge in [0.2, 0.25) is 0 Å². The van der Waals surface area contributed by atoms with Crippen LogP contribution in [0.1, 0.15) is 34.6 Å². The zero-order valence-corrected chi connectivity index (χ0v) is 20.7. The quantitative estimate of drug-likeness (QED) is 0.247. The third kappa shape index (κ3) is 4.53. The molecule has 1 N–H and O–H groups in total. The predicted molar refractivity (Wildman–Crippen MR) is 144 cm³/mol. The van der Waals surface area contributed by atoms with Crippen molar-refractivity contribution in [3.63, 3.8) is 0 Å². The van der Waals surface area contributed by atoms with Crippen LogP contribution in [0.3, 0.4) is 0 Å². The van der Waals surface area contributed by atoms with Gasteiger partial charge in [-0.05, 0) is 56.3 Å². The standard InChI is InChI=1S/C29H24N2O4S/c1-3-34-19-15-13-18(14-16-19)24-17-22(20-9-5-7-11-23(20)30-24)27(32)31-28-26(29(33)35-4-2)21-10-6-8-12-25(21)36-28/h5-17H,3-4H2,1-2H3,(H,31,32). The molecule has 2 heterocycles. The van der Waals surface area contributed by atoms with Crippen LogP contribution in [-0.2, 0) is 4.74 Å². The largest absolute Gasteiger partial charge is 0.494 e. The summed E-state index contributed by atoms with van der Waals surface area (Å²) in [6.07, 6.45) is 0. The lowest BCUT2D eigenvalue weighted by Gasteiger charge is -2.11. The molecule has 0 atom stereocenters. The zero-order valence-electron chi connectivity index (χ0n) is 19.9. The van der Waals surface area contributed by atoms with Crippen molar-refractivity contribution in [2.45, 2.75) is 13.8 Å². The van der Waals surface area contributed by atoms with Gasteiger partial charge in [-0.1, -0.05) is 36.4 Å². The number of thiophene rings is 1. The van der Waals surface area contributed by atoms with Gasteiger partial charge >= 0.3 is 5.97 Å². The molecule has 0 unspecified atom stereocenters. The second-order valence-corrected chi connectivity index (χ2v) is 9.06. The molecule has 0 spiro atoms. The highest BCUT2D eigenvalue weighted by atomic mass is 32.1. The number of amides is 1. The average Bonchev–Trinajstić information content (AvgIpc) is 3.26. The summed E-state index contributed by atoms with van der Waals surface area (Å²) < 4.78 is 11.7. The fraction of sp³-hybridized carbons (Fsp3) is 0.138. The number of benzene rings is 3. The number of hydrogen-bond acceptors (Lipinski definition) is 6. The Morgan fingerprint density at radius 1 is 0.889 bits per heavy atom. The Hall–Kier alpha value is -4.23. The average molecular weight is 497 g/mol. The number of pyridine rings is 1. The van der Waals surface area contributed by atoms with Gasteiger partial charge in [-0.3, -0.25) is 4.79 Å². The van der Waals surface area contributed by atoms with E-state index in [1.807, 2.05) is 79.7 Å². The van der Waals surface area contributed by atoms with E-state index in [2.05, 4.69) is 5.32 Å². The highest BCUT2D eigenvalue weighted by molar-refractivity contribution is 7.23. The molecule has 7 heteroatoms. The van der Waals surface area contributed by atoms with E-state index in [9.17, 15) is 9.59 Å². The summed E-state index contributed by atoms with van der Waals surface area (Å²) in [7, 11) is 0. The van der Waals surface area contributed by atoms with Crippen molar-refractivity contribution < 1.29 is 19.1 Å². The maximum Gasteiger partial charge on any atom is 0.341 e. The van der Waals surface area contributed by atoms with Crippen LogP contribution in [0.2, 0.25) is 0 Å². The van der Waals surface area contributed by atoms with E-state index in [1.54, 1.807) is 13.0 Å². The van der Waals surface area contributed by atoms with Crippen LogP contribution >= 0.6 is 11.3 Å². The first-order valence-electron chi connectivity index (χ1n) is 11.7. The number of esters is 1. The summed E-state index contributed by atoms with van der Waals surface area (Å²) in [6.45, 7) is 4.53. The number of rotatable bonds is 7. The van der Waals surface area contributed by atoms with Crippen LogP contribution in [0.4, 0.5) is 5.00 Å². The van der Waals surface area contributed by atoms with E-state index in [0.717, 1.165) is 26.8 Å². The Morgan fingerprint density at radius 2 is 1.61 bits per heavy atom. The number of carbonyl (C=O) groups is 2. The van der Waals surface area contributed by atoms with Gasteiger partial charge in [0, 0.05) is 21.0 Å². The van der Waals surface area contributed by atoms with E-state index < -0.39 is 5.97 Å². The Morgan fingerprint density at radius 3 is 2.36 bits per heavy atom. The number of fused-ring (bicyclic) bond motifs is 2. The molecule has 5 rings (SSSR count). The monoisotopic (exact) mass is 496 g/mol. The van der Waals surface area contributed by atoms with Crippen molar-refractivity contribution in [1.29, 1.82) is 0 Å². The molecule has 0 fully saturated rings. The number of nitrogens with zero attached hydrogens (tertiary/aromatic N) is 1. The van der Waals surface area contributed by atoms with Crippen molar-refractivity contribution in [2.75, 3.05) is 18.5 Å². The topological polar surface area (TPSA) is 77.5 Å². The summed E-state index contributed by atoms with van der Waals surface area (Å²) in [5.41, 5.74) is 3.08. The lowest BCUT2D eigenvalue weighted by Crippen LogP contribution is -2.15. The molecule has 5 aromatic rings. The van der Waals surface area contributed by atoms with Gasteiger partial charge in [-0.2, -0.15) is 0 Å². The smallest absolute Gasteiger partial charge is 0.341 e. The van der Waals surface area contributed by atoms with Gasteiger partial charge in [0.05, 0.1) is 30.0 Å². The maximum absolute atomic E-state index is 13.7. The molecular weight excluding hydrogens is 472 g/mol. The minimum absolute atomic E-state index is 0.247. The van der Waals surface area contributed by atoms with E-state index in [4.69, 9.17) is 14.5 Å². The Balaban J connectivity index is 1.57. The van der Waals surface area contributed by atoms with Crippen LogP contribution in [0.15, 0.2) is 78.9 Å². The van der Waals surface area contributed by atoms with Crippen molar-refractivity contribution in [1.82, 2.24) is 4.98 Å². The van der Waals surface area contributed by atoms with Crippen molar-refractivity contribution >= 4 is 49.2 Å². The normalized spacial score (nSPS) is 10.9. The fourth-order valence-electron chi connectivity index (χ4n) is 4.11. The molecule has 0 aliphatic carbocycles. The highest BCUT2D eigenvalue weighted by Crippen LogP contribution is 2.37. The van der Waals surface area contributed by atoms with Crippen LogP contribution < -0.4 is 10.1 Å². The predicted octanol–water partition coefficient (Wildman–Crippen LogP) is 6.94. The maximum atomic E-state index is 13.7. The van der Waals surface area contributed by atoms with E-state index >= 15 is 0 Å². The van der Waals surface area contributed by atoms with Crippen molar-refractivity contribution in [3.8, 4) is 17.0 Å². The fourth-order valence-corrected chi connectivity index (χ4v) is 5.20. The first kappa shape index (κ1) is 23.5. The van der Waals surface area contributed by atoms with Crippen LogP contribution in [0.25, 0.3) is 32.2 Å². The third-order valence-electron chi connectivity index (χ3n) is 5.72. The summed E-state index contributed by atoms with van der Waals surface area (Å²) >= 11 is 1.35. The number of carbonyl (C=O) groups excluding carboxylic acids is 2. The van der Waals surface area contributed by atoms with Gasteiger partial charge in [-0.25, -0.2) is 9.78 Å². The van der Waals surface area contributed by atoms with E-state index in [0.29, 0.717) is 33.9 Å². The number of hydrogen-bond donors (Lipinski definition) is 1. The molecule has 0 saturated carbocycles. The molecule has 0 bridgehead atoms. The van der Waals surface area contributed by atoms with Gasteiger partial charge in [0.25, 0.3) is 5.91 Å². The molecule has 36 heavy (non-hydrogen) atoms. The van der Waals surface area contributed by atoms with Crippen LogP contribution in [0, 0.1) is 0 Å². The number of aromatic nitrogens is 1. The molecule has 0 aliphatic rings. The van der Waals surface area contributed by atoms with Gasteiger partial charge in [-0.15, -0.1) is 11.3 Å². The molecule has 0 saturated heterocycles. The SMILES string of the molecule is CCOC(=O)c1c(NC(=O)c2cc(-c3ccc(OCC)cc3)nc3ccccc23)sc2ccccc12. The Kier molecular flexibility index (Phi) is 6.64. The van der Waals surface area contributed by atoms with Gasteiger partial charge in [0.1, 0.15) is 16.3 Å². The molecule has 1 amide bonds. The number of anilines is 1. The van der Waals surface area contributed by atoms with E-state index in [-0.39, 0.29) is 12.5 Å². The third-order valence-corrected chi connectivity index (χ3v) is 6.81. The summed E-state index contributed by atoms with van der Waals surface area (Å²) in [5.74, 6) is -0.00549. The minimum Gasteiger partial charge on any atom is -0.494 e. The molecule has 3 aromatic carbocycles. The van der Waals surface area contributed by atoms with Crippen molar-refractivity contribution in [3.05, 3.63) is 90.0 Å². The second kappa shape index (κ2) is 10.2. The minimum atomic E-state index is -0.458. The van der Waals surface area contributed by atoms with Crippen LogP contribution in [0.5, 0.6) is 5.75 Å². The van der Waals surface area contributed by atoms with Gasteiger partial charge in [0.15, 0.2) is 0 Å². The van der Waals surface area contributed by atoms with Crippen LogP contribution in [-0.4, -0.2) is 30.1 Å². The number of nitrogens with one attached hydrogen (secondary N) is 1. The molecule has 0 aliphatic heterocycles. The summed E-state index contributed by atoms with van der Waals surface area (Å²) in [6, 6.07) is 24.5. The highest BCUT2D eigenvalue weighted by Gasteiger charge is 2.23.